The van der Waals surface area contributed by atoms with E-state index in [4.69, 9.17) is 27.4 Å². The first-order chi connectivity index (χ1) is 27.8. The van der Waals surface area contributed by atoms with Crippen LogP contribution in [0.2, 0.25) is 5.02 Å². The zero-order chi connectivity index (χ0) is 43.1. The van der Waals surface area contributed by atoms with Crippen molar-refractivity contribution in [2.45, 2.75) is 37.8 Å². The number of nitrogens with two attached hydrogens (primary N) is 1. The minimum absolute atomic E-state index is 0.0494. The van der Waals surface area contributed by atoms with Crippen molar-refractivity contribution in [2.24, 2.45) is 10.1 Å². The number of carboxylic acid groups (broad SMARTS) is 1. The van der Waals surface area contributed by atoms with Gasteiger partial charge in [0.25, 0.3) is 23.6 Å². The molecule has 6 amide bonds. The summed E-state index contributed by atoms with van der Waals surface area (Å²) in [7, 11) is 0. The number of oxime groups is 1. The number of benzene rings is 1. The lowest BCUT2D eigenvalue weighted by Gasteiger charge is -2.49. The Morgan fingerprint density at radius 2 is 1.95 bits per heavy atom. The van der Waals surface area contributed by atoms with Crippen LogP contribution in [0.4, 0.5) is 9.93 Å². The SMILES string of the molecule is CC1=NC2=CN(C(=O)NO)NN2C(SCC2=C(C(=O)O)N3C(=O)[C@@H](NC(=O)C(=NOC(C)(C)C(=O)NNC(=O)c4cc(Br)c(O)c(O)c4Cl)c4csc(N)n4)[C@H]3SC2)=C1. The maximum atomic E-state index is 13.7. The van der Waals surface area contributed by atoms with E-state index in [2.05, 4.69) is 52.8 Å². The molecular weight excluding hydrogens is 928 g/mol. The van der Waals surface area contributed by atoms with Crippen molar-refractivity contribution in [3.63, 3.8) is 0 Å². The van der Waals surface area contributed by atoms with Crippen LogP contribution in [0.5, 0.6) is 11.5 Å². The summed E-state index contributed by atoms with van der Waals surface area (Å²) >= 11 is 12.3. The molecule has 4 aliphatic rings. The average molecular weight is 958 g/mol. The molecule has 0 unspecified atom stereocenters. The largest absolute Gasteiger partial charge is 0.503 e. The number of anilines is 1. The number of hydrogen-bond acceptors (Lipinski definition) is 19. The van der Waals surface area contributed by atoms with Crippen LogP contribution in [0, 0.1) is 0 Å². The Morgan fingerprint density at radius 1 is 1.22 bits per heavy atom. The van der Waals surface area contributed by atoms with E-state index in [1.54, 1.807) is 13.0 Å². The number of aliphatic imine (C=N–C) groups is 1. The number of hydroxylamine groups is 1. The summed E-state index contributed by atoms with van der Waals surface area (Å²) in [6.07, 6.45) is 3.04. The number of carbonyl (C=O) groups is 6. The summed E-state index contributed by atoms with van der Waals surface area (Å²) in [5.74, 6) is -5.79. The molecule has 1 fully saturated rings. The number of phenolic OH excluding ortho intramolecular Hbond substituents is 2. The number of hydrogen-bond donors (Lipinski definition) is 10. The lowest BCUT2D eigenvalue weighted by atomic mass is 10.0. The number of β-lactam (4-membered cyclic amide) rings is 1. The Labute approximate surface area is 357 Å². The first kappa shape index (κ1) is 43.0. The first-order valence-corrected chi connectivity index (χ1v) is 20.5. The summed E-state index contributed by atoms with van der Waals surface area (Å²) in [5.41, 5.74) is 12.2. The van der Waals surface area contributed by atoms with E-state index in [-0.39, 0.29) is 38.1 Å². The van der Waals surface area contributed by atoms with Crippen molar-refractivity contribution in [2.75, 3.05) is 17.2 Å². The van der Waals surface area contributed by atoms with E-state index in [0.717, 1.165) is 27.3 Å². The number of allylic oxidation sites excluding steroid dienone is 1. The fourth-order valence-corrected chi connectivity index (χ4v) is 9.14. The van der Waals surface area contributed by atoms with E-state index in [0.29, 0.717) is 22.1 Å². The minimum Gasteiger partial charge on any atom is -0.503 e. The minimum atomic E-state index is -1.88. The van der Waals surface area contributed by atoms with E-state index in [1.807, 2.05) is 0 Å². The molecule has 2 aromatic rings. The molecule has 0 radical (unpaired) electrons. The number of phenols is 2. The van der Waals surface area contributed by atoms with Gasteiger partial charge in [-0.2, -0.15) is 0 Å². The van der Waals surface area contributed by atoms with Crippen molar-refractivity contribution < 1.29 is 54.1 Å². The van der Waals surface area contributed by atoms with Crippen LogP contribution in [-0.2, 0) is 24.0 Å². The molecule has 5 heterocycles. The van der Waals surface area contributed by atoms with Crippen LogP contribution < -0.4 is 32.9 Å². The molecular formula is C31H30BrClN12O11S3. The van der Waals surface area contributed by atoms with Gasteiger partial charge in [-0.15, -0.1) is 40.4 Å². The van der Waals surface area contributed by atoms with Crippen LogP contribution in [0.15, 0.2) is 60.5 Å². The number of nitrogens with zero attached hydrogens (tertiary/aromatic N) is 6. The number of nitrogens with one attached hydrogen (secondary N) is 5. The molecule has 59 heavy (non-hydrogen) atoms. The molecule has 1 aromatic heterocycles. The summed E-state index contributed by atoms with van der Waals surface area (Å²) in [6.45, 7) is 4.23. The predicted octanol–water partition coefficient (Wildman–Crippen LogP) is 1.24. The lowest BCUT2D eigenvalue weighted by molar-refractivity contribution is -0.150. The molecule has 6 rings (SSSR count). The van der Waals surface area contributed by atoms with Gasteiger partial charge in [-0.1, -0.05) is 16.8 Å². The second kappa shape index (κ2) is 17.0. The van der Waals surface area contributed by atoms with Crippen LogP contribution in [-0.4, -0.2) is 116 Å². The smallest absolute Gasteiger partial charge is 0.361 e. The second-order valence-corrected chi connectivity index (χ2v) is 17.0. The normalized spacial score (nSPS) is 18.8. The van der Waals surface area contributed by atoms with Gasteiger partial charge in [-0.3, -0.25) is 40.1 Å². The zero-order valence-electron chi connectivity index (χ0n) is 30.3. The third-order valence-corrected chi connectivity index (χ3v) is 12.5. The Balaban J connectivity index is 1.12. The predicted molar refractivity (Wildman–Crippen MR) is 215 cm³/mol. The number of halogens is 2. The number of aromatic hydroxyl groups is 2. The van der Waals surface area contributed by atoms with Crippen molar-refractivity contribution >= 4 is 115 Å². The molecule has 2 atom stereocenters. The average Bonchev–Trinajstić information content (AvgIpc) is 3.83. The number of hydrazine groups is 3. The Hall–Kier alpha value is -5.58. The second-order valence-electron chi connectivity index (χ2n) is 12.8. The van der Waals surface area contributed by atoms with Crippen molar-refractivity contribution in [1.29, 1.82) is 0 Å². The highest BCUT2D eigenvalue weighted by molar-refractivity contribution is 9.10. The highest BCUT2D eigenvalue weighted by atomic mass is 79.9. The number of carbonyl (C=O) groups excluding carboxylic acids is 5. The Bertz CT molecular complexity index is 2350. The molecule has 1 aromatic carbocycles. The third-order valence-electron chi connectivity index (χ3n) is 8.36. The highest BCUT2D eigenvalue weighted by Crippen LogP contribution is 2.43. The van der Waals surface area contributed by atoms with Gasteiger partial charge in [0.2, 0.25) is 5.60 Å². The summed E-state index contributed by atoms with van der Waals surface area (Å²) < 4.78 is -0.0538. The Kier molecular flexibility index (Phi) is 12.4. The molecule has 23 nitrogen and oxygen atoms in total. The molecule has 11 N–H and O–H groups in total. The molecule has 0 spiro atoms. The van der Waals surface area contributed by atoms with Crippen molar-refractivity contribution in [3.05, 3.63) is 66.6 Å². The maximum Gasteiger partial charge on any atom is 0.361 e. The van der Waals surface area contributed by atoms with Gasteiger partial charge in [0, 0.05) is 22.6 Å². The number of amides is 6. The van der Waals surface area contributed by atoms with Gasteiger partial charge in [0.05, 0.1) is 26.3 Å². The fraction of sp³-hybridized carbons (Fsp3) is 0.258. The van der Waals surface area contributed by atoms with Crippen LogP contribution >= 0.6 is 62.4 Å². The van der Waals surface area contributed by atoms with E-state index >= 15 is 0 Å². The molecule has 0 saturated carbocycles. The van der Waals surface area contributed by atoms with Crippen molar-refractivity contribution in [3.8, 4) is 11.5 Å². The summed E-state index contributed by atoms with van der Waals surface area (Å²) in [5, 5.41) is 48.5. The molecule has 0 aliphatic carbocycles. The van der Waals surface area contributed by atoms with Gasteiger partial charge in [0.15, 0.2) is 28.2 Å². The molecule has 312 valence electrons. The van der Waals surface area contributed by atoms with Crippen LogP contribution in [0.1, 0.15) is 36.8 Å². The number of nitrogen functional groups attached to an aromatic ring is 1. The fourth-order valence-electron chi connectivity index (χ4n) is 5.39. The zero-order valence-corrected chi connectivity index (χ0v) is 35.1. The number of thiazole rings is 1. The number of aromatic nitrogens is 1. The van der Waals surface area contributed by atoms with E-state index < -0.39 is 74.9 Å². The summed E-state index contributed by atoms with van der Waals surface area (Å²) in [6, 6.07) is -0.978. The van der Waals surface area contributed by atoms with Gasteiger partial charge < -0.3 is 31.2 Å². The van der Waals surface area contributed by atoms with Gasteiger partial charge in [0.1, 0.15) is 22.8 Å². The number of aliphatic carboxylic acids is 1. The van der Waals surface area contributed by atoms with Crippen LogP contribution in [0.25, 0.3) is 0 Å². The van der Waals surface area contributed by atoms with Crippen molar-refractivity contribution in [1.82, 2.24) is 47.1 Å². The number of carboxylic acids is 1. The Morgan fingerprint density at radius 3 is 2.61 bits per heavy atom. The molecule has 1 saturated heterocycles. The van der Waals surface area contributed by atoms with Gasteiger partial charge >= 0.3 is 12.0 Å². The van der Waals surface area contributed by atoms with Gasteiger partial charge in [-0.25, -0.2) is 35.1 Å². The monoisotopic (exact) mass is 956 g/mol. The molecule has 28 heteroatoms. The number of fused-ring (bicyclic) bond motifs is 2. The van der Waals surface area contributed by atoms with Gasteiger partial charge in [-0.05, 0) is 54.4 Å². The summed E-state index contributed by atoms with van der Waals surface area (Å²) in [4.78, 5) is 92.5. The first-order valence-electron chi connectivity index (χ1n) is 16.4. The number of urea groups is 1. The maximum absolute atomic E-state index is 13.7. The standard InChI is InChI=1S/C31H30BrClN12O11S3/c1-10-4-16(45-15(35-10)6-43(42-45)30(54)40-55)57-7-11-8-58-26-19(25(50)44(26)20(11)27(51)52)37-24(49)18(14-9-59-29(34)36-14)41-56-31(2,3)28(53)39-38-23(48)12-5-13(32)21(46)22(47)17(12)33/h4-6,9,19,26,42,46-47,55H,7-8H2,1-3H3,(H2,34,36)(H,37,49)(H,38,48)(H,39,53)(H,40,54)(H,51,52)/t19-,26-/m1/s1. The lowest BCUT2D eigenvalue weighted by Crippen LogP contribution is -2.71. The third kappa shape index (κ3) is 8.61. The van der Waals surface area contributed by atoms with Crippen LogP contribution in [0.3, 0.4) is 0 Å². The van der Waals surface area contributed by atoms with E-state index in [9.17, 15) is 44.1 Å². The quantitative estimate of drug-likeness (QED) is 0.0498. The molecule has 0 bridgehead atoms. The highest BCUT2D eigenvalue weighted by Gasteiger charge is 2.54. The number of rotatable bonds is 11. The van der Waals surface area contributed by atoms with E-state index in [1.165, 1.54) is 59.4 Å². The topological polar surface area (TPSA) is 326 Å². The molecule has 4 aliphatic heterocycles. The number of thioether (sulfide) groups is 2.